The van der Waals surface area contributed by atoms with E-state index in [1.54, 1.807) is 16.2 Å². The second-order valence-electron chi connectivity index (χ2n) is 5.70. The van der Waals surface area contributed by atoms with Crippen molar-refractivity contribution in [3.05, 3.63) is 35.2 Å². The maximum Gasteiger partial charge on any atom is 0.253 e. The second kappa shape index (κ2) is 5.31. The molecule has 1 heterocycles. The van der Waals surface area contributed by atoms with Crippen LogP contribution in [-0.2, 0) is 0 Å². The smallest absolute Gasteiger partial charge is 0.253 e. The Morgan fingerprint density at radius 2 is 2.11 bits per heavy atom. The third kappa shape index (κ3) is 3.14. The molecule has 1 amide bonds. The SMILES string of the molecule is CN(CC(C)(C)CN)C(=O)c1ccc2sccc2c1. The molecular weight excluding hydrogens is 256 g/mol. The van der Waals surface area contributed by atoms with Gasteiger partial charge in [0.15, 0.2) is 0 Å². The Labute approximate surface area is 118 Å². The van der Waals surface area contributed by atoms with Crippen molar-refractivity contribution in [2.24, 2.45) is 11.1 Å². The molecule has 0 saturated carbocycles. The van der Waals surface area contributed by atoms with Crippen LogP contribution in [-0.4, -0.2) is 30.9 Å². The van der Waals surface area contributed by atoms with Gasteiger partial charge in [-0.05, 0) is 47.0 Å². The first-order chi connectivity index (χ1) is 8.93. The number of fused-ring (bicyclic) bond motifs is 1. The summed E-state index contributed by atoms with van der Waals surface area (Å²) in [4.78, 5) is 14.1. The minimum atomic E-state index is -0.0586. The number of rotatable bonds is 4. The van der Waals surface area contributed by atoms with Crippen LogP contribution in [0.5, 0.6) is 0 Å². The summed E-state index contributed by atoms with van der Waals surface area (Å²) < 4.78 is 1.21. The van der Waals surface area contributed by atoms with Crippen LogP contribution >= 0.6 is 11.3 Å². The van der Waals surface area contributed by atoms with Gasteiger partial charge in [0.05, 0.1) is 0 Å². The molecule has 1 aromatic heterocycles. The summed E-state index contributed by atoms with van der Waals surface area (Å²) in [5.74, 6) is 0.0506. The lowest BCUT2D eigenvalue weighted by atomic mass is 9.93. The number of carbonyl (C=O) groups excluding carboxylic acids is 1. The third-order valence-electron chi connectivity index (χ3n) is 3.26. The van der Waals surface area contributed by atoms with Crippen LogP contribution in [0.2, 0.25) is 0 Å². The Morgan fingerprint density at radius 3 is 2.79 bits per heavy atom. The second-order valence-corrected chi connectivity index (χ2v) is 6.65. The number of nitrogens with two attached hydrogens (primary N) is 1. The highest BCUT2D eigenvalue weighted by atomic mass is 32.1. The Morgan fingerprint density at radius 1 is 1.37 bits per heavy atom. The standard InChI is InChI=1S/C15H20N2OS/c1-15(2,9-16)10-17(3)14(18)12-4-5-13-11(8-12)6-7-19-13/h4-8H,9-10,16H2,1-3H3. The van der Waals surface area contributed by atoms with Gasteiger partial charge in [-0.25, -0.2) is 0 Å². The van der Waals surface area contributed by atoms with Gasteiger partial charge in [0, 0.05) is 23.9 Å². The molecule has 2 rings (SSSR count). The maximum atomic E-state index is 12.4. The van der Waals surface area contributed by atoms with Crippen molar-refractivity contribution in [1.82, 2.24) is 4.90 Å². The number of carbonyl (C=O) groups is 1. The summed E-state index contributed by atoms with van der Waals surface area (Å²) in [5.41, 5.74) is 6.40. The number of amides is 1. The summed E-state index contributed by atoms with van der Waals surface area (Å²) in [6.07, 6.45) is 0. The lowest BCUT2D eigenvalue weighted by molar-refractivity contribution is 0.0741. The molecule has 0 atom stereocenters. The van der Waals surface area contributed by atoms with Gasteiger partial charge in [-0.1, -0.05) is 13.8 Å². The average Bonchev–Trinajstić information content (AvgIpc) is 2.84. The first kappa shape index (κ1) is 14.0. The molecule has 0 aliphatic heterocycles. The fraction of sp³-hybridized carbons (Fsp3) is 0.400. The largest absolute Gasteiger partial charge is 0.341 e. The van der Waals surface area contributed by atoms with Gasteiger partial charge < -0.3 is 10.6 Å². The molecule has 0 aliphatic carbocycles. The van der Waals surface area contributed by atoms with Crippen molar-refractivity contribution in [2.75, 3.05) is 20.1 Å². The lowest BCUT2D eigenvalue weighted by Gasteiger charge is -2.29. The van der Waals surface area contributed by atoms with Crippen molar-refractivity contribution in [1.29, 1.82) is 0 Å². The molecule has 0 saturated heterocycles. The number of thiophene rings is 1. The van der Waals surface area contributed by atoms with Gasteiger partial charge in [0.2, 0.25) is 0 Å². The van der Waals surface area contributed by atoms with E-state index in [1.807, 2.05) is 36.7 Å². The molecule has 102 valence electrons. The Kier molecular flexibility index (Phi) is 3.92. The normalized spacial score (nSPS) is 11.8. The fourth-order valence-electron chi connectivity index (χ4n) is 2.10. The van der Waals surface area contributed by atoms with Crippen LogP contribution in [0.25, 0.3) is 10.1 Å². The predicted molar refractivity (Wildman–Crippen MR) is 81.6 cm³/mol. The molecular formula is C15H20N2OS. The average molecular weight is 276 g/mol. The van der Waals surface area contributed by atoms with E-state index in [-0.39, 0.29) is 11.3 Å². The summed E-state index contributed by atoms with van der Waals surface area (Å²) >= 11 is 1.69. The Bertz CT molecular complexity index is 589. The monoisotopic (exact) mass is 276 g/mol. The van der Waals surface area contributed by atoms with E-state index in [1.165, 1.54) is 4.70 Å². The Hall–Kier alpha value is -1.39. The van der Waals surface area contributed by atoms with E-state index in [4.69, 9.17) is 5.73 Å². The van der Waals surface area contributed by atoms with E-state index >= 15 is 0 Å². The highest BCUT2D eigenvalue weighted by Gasteiger charge is 2.22. The summed E-state index contributed by atoms with van der Waals surface area (Å²) in [6, 6.07) is 7.91. The molecule has 19 heavy (non-hydrogen) atoms. The molecule has 0 unspecified atom stereocenters. The maximum absolute atomic E-state index is 12.4. The van der Waals surface area contributed by atoms with Crippen molar-refractivity contribution in [3.8, 4) is 0 Å². The molecule has 0 radical (unpaired) electrons. The summed E-state index contributed by atoms with van der Waals surface area (Å²) in [6.45, 7) is 5.36. The van der Waals surface area contributed by atoms with Crippen LogP contribution in [0.3, 0.4) is 0 Å². The van der Waals surface area contributed by atoms with Gasteiger partial charge >= 0.3 is 0 Å². The van der Waals surface area contributed by atoms with Gasteiger partial charge in [-0.2, -0.15) is 0 Å². The van der Waals surface area contributed by atoms with Crippen molar-refractivity contribution in [2.45, 2.75) is 13.8 Å². The molecule has 0 spiro atoms. The van der Waals surface area contributed by atoms with Crippen molar-refractivity contribution < 1.29 is 4.79 Å². The van der Waals surface area contributed by atoms with E-state index < -0.39 is 0 Å². The summed E-state index contributed by atoms with van der Waals surface area (Å²) in [7, 11) is 1.83. The zero-order chi connectivity index (χ0) is 14.0. The van der Waals surface area contributed by atoms with Crippen LogP contribution in [0.15, 0.2) is 29.6 Å². The van der Waals surface area contributed by atoms with Gasteiger partial charge in [-0.3, -0.25) is 4.79 Å². The van der Waals surface area contributed by atoms with E-state index in [0.717, 1.165) is 10.9 Å². The van der Waals surface area contributed by atoms with Crippen LogP contribution < -0.4 is 5.73 Å². The highest BCUT2D eigenvalue weighted by molar-refractivity contribution is 7.17. The Balaban J connectivity index is 2.18. The molecule has 0 fully saturated rings. The number of hydrogen-bond donors (Lipinski definition) is 1. The first-order valence-corrected chi connectivity index (χ1v) is 7.24. The molecule has 0 aliphatic rings. The van der Waals surface area contributed by atoms with E-state index in [2.05, 4.69) is 13.8 Å². The predicted octanol–water partition coefficient (Wildman–Crippen LogP) is 2.96. The van der Waals surface area contributed by atoms with Crippen LogP contribution in [0, 0.1) is 5.41 Å². The van der Waals surface area contributed by atoms with Crippen molar-refractivity contribution >= 4 is 27.3 Å². The zero-order valence-electron chi connectivity index (χ0n) is 11.6. The number of nitrogens with zero attached hydrogens (tertiary/aromatic N) is 1. The quantitative estimate of drug-likeness (QED) is 0.933. The van der Waals surface area contributed by atoms with Gasteiger partial charge in [-0.15, -0.1) is 11.3 Å². The first-order valence-electron chi connectivity index (χ1n) is 6.36. The molecule has 1 aromatic carbocycles. The minimum Gasteiger partial charge on any atom is -0.341 e. The van der Waals surface area contributed by atoms with Crippen LogP contribution in [0.1, 0.15) is 24.2 Å². The topological polar surface area (TPSA) is 46.3 Å². The van der Waals surface area contributed by atoms with Crippen LogP contribution in [0.4, 0.5) is 0 Å². The minimum absolute atomic E-state index is 0.0506. The van der Waals surface area contributed by atoms with Crippen molar-refractivity contribution in [3.63, 3.8) is 0 Å². The van der Waals surface area contributed by atoms with Gasteiger partial charge in [0.1, 0.15) is 0 Å². The van der Waals surface area contributed by atoms with E-state index in [9.17, 15) is 4.79 Å². The van der Waals surface area contributed by atoms with Gasteiger partial charge in [0.25, 0.3) is 5.91 Å². The number of hydrogen-bond acceptors (Lipinski definition) is 3. The third-order valence-corrected chi connectivity index (χ3v) is 4.16. The molecule has 2 N–H and O–H groups in total. The fourth-order valence-corrected chi connectivity index (χ4v) is 2.87. The molecule has 4 heteroatoms. The lowest BCUT2D eigenvalue weighted by Crippen LogP contribution is -2.39. The number of benzene rings is 1. The molecule has 2 aromatic rings. The highest BCUT2D eigenvalue weighted by Crippen LogP contribution is 2.23. The zero-order valence-corrected chi connectivity index (χ0v) is 12.5. The summed E-state index contributed by atoms with van der Waals surface area (Å²) in [5, 5.41) is 3.17. The molecule has 0 bridgehead atoms. The van der Waals surface area contributed by atoms with E-state index in [0.29, 0.717) is 13.1 Å². The molecule has 3 nitrogen and oxygen atoms in total.